The molecule has 3 amide bonds. The number of carbonyl (C=O) groups excluding carboxylic acids is 3. The zero-order valence-corrected chi connectivity index (χ0v) is 21.3. The van der Waals surface area contributed by atoms with Crippen molar-refractivity contribution in [1.82, 2.24) is 10.2 Å². The van der Waals surface area contributed by atoms with Gasteiger partial charge in [0.25, 0.3) is 0 Å². The number of rotatable bonds is 9. The maximum absolute atomic E-state index is 13.8. The number of likely N-dealkylation sites (tertiary alicyclic amines) is 1. The molecule has 1 aromatic carbocycles. The molecule has 4 aliphatic rings. The zero-order chi connectivity index (χ0) is 25.3. The van der Waals surface area contributed by atoms with Crippen molar-refractivity contribution in [3.05, 3.63) is 41.4 Å². The molecule has 8 nitrogen and oxygen atoms in total. The van der Waals surface area contributed by atoms with E-state index in [1.165, 1.54) is 6.42 Å². The topological polar surface area (TPSA) is 97.0 Å². The van der Waals surface area contributed by atoms with Crippen LogP contribution in [0.1, 0.15) is 45.4 Å². The first-order valence-electron chi connectivity index (χ1n) is 13.1. The lowest BCUT2D eigenvalue weighted by Crippen LogP contribution is -2.56. The average molecular weight is 516 g/mol. The predicted molar refractivity (Wildman–Crippen MR) is 135 cm³/mol. The van der Waals surface area contributed by atoms with Crippen molar-refractivity contribution in [2.45, 2.75) is 69.2 Å². The Morgan fingerprint density at radius 1 is 1.17 bits per heavy atom. The summed E-state index contributed by atoms with van der Waals surface area (Å²) in [5, 5.41) is 6.68. The predicted octanol–water partition coefficient (Wildman–Crippen LogP) is 3.30. The summed E-state index contributed by atoms with van der Waals surface area (Å²) < 4.78 is 11.9. The Balaban J connectivity index is 1.40. The molecule has 0 radical (unpaired) electrons. The van der Waals surface area contributed by atoms with Crippen LogP contribution in [0.15, 0.2) is 36.4 Å². The van der Waals surface area contributed by atoms with Crippen LogP contribution in [0.2, 0.25) is 5.02 Å². The summed E-state index contributed by atoms with van der Waals surface area (Å²) in [7, 11) is 0. The van der Waals surface area contributed by atoms with Crippen LogP contribution in [-0.4, -0.2) is 66.2 Å². The van der Waals surface area contributed by atoms with Gasteiger partial charge in [-0.1, -0.05) is 43.0 Å². The number of ether oxygens (including phenoxy) is 2. The highest BCUT2D eigenvalue weighted by molar-refractivity contribution is 6.30. The molecule has 1 aliphatic carbocycles. The van der Waals surface area contributed by atoms with Crippen molar-refractivity contribution in [2.75, 3.05) is 25.1 Å². The maximum Gasteiger partial charge on any atom is 0.246 e. The molecule has 1 spiro atoms. The van der Waals surface area contributed by atoms with E-state index in [0.29, 0.717) is 36.9 Å². The van der Waals surface area contributed by atoms with E-state index >= 15 is 0 Å². The molecule has 9 heteroatoms. The number of fused-ring (bicyclic) bond motifs is 1. The van der Waals surface area contributed by atoms with E-state index in [1.807, 2.05) is 19.1 Å². The largest absolute Gasteiger partial charge is 0.382 e. The van der Waals surface area contributed by atoms with E-state index in [4.69, 9.17) is 21.1 Å². The van der Waals surface area contributed by atoms with Gasteiger partial charge in [-0.3, -0.25) is 14.4 Å². The highest BCUT2D eigenvalue weighted by Gasteiger charge is 2.72. The Kier molecular flexibility index (Phi) is 7.37. The number of halogens is 1. The minimum Gasteiger partial charge on any atom is -0.382 e. The Hall–Kier alpha value is -2.42. The highest BCUT2D eigenvalue weighted by atomic mass is 35.5. The van der Waals surface area contributed by atoms with Gasteiger partial charge in [0.1, 0.15) is 11.6 Å². The maximum atomic E-state index is 13.8. The summed E-state index contributed by atoms with van der Waals surface area (Å²) in [6.07, 6.45) is 8.98. The van der Waals surface area contributed by atoms with Gasteiger partial charge in [-0.25, -0.2) is 0 Å². The van der Waals surface area contributed by atoms with Crippen LogP contribution in [0.3, 0.4) is 0 Å². The van der Waals surface area contributed by atoms with Gasteiger partial charge in [-0.15, -0.1) is 0 Å². The van der Waals surface area contributed by atoms with Gasteiger partial charge in [0.05, 0.1) is 17.9 Å². The fourth-order valence-corrected chi connectivity index (χ4v) is 6.40. The third-order valence-corrected chi connectivity index (χ3v) is 8.13. The zero-order valence-electron chi connectivity index (χ0n) is 20.6. The van der Waals surface area contributed by atoms with Crippen molar-refractivity contribution in [2.24, 2.45) is 11.8 Å². The molecule has 3 fully saturated rings. The molecule has 1 aromatic rings. The van der Waals surface area contributed by atoms with E-state index in [1.54, 1.807) is 29.2 Å². The van der Waals surface area contributed by atoms with Crippen molar-refractivity contribution in [3.8, 4) is 0 Å². The summed E-state index contributed by atoms with van der Waals surface area (Å²) >= 11 is 5.97. The minimum atomic E-state index is -1.14. The molecule has 194 valence electrons. The molecule has 3 heterocycles. The van der Waals surface area contributed by atoms with Crippen LogP contribution < -0.4 is 10.6 Å². The fourth-order valence-electron chi connectivity index (χ4n) is 6.27. The molecule has 3 aliphatic heterocycles. The Labute approximate surface area is 216 Å². The molecule has 5 rings (SSSR count). The first-order valence-corrected chi connectivity index (χ1v) is 13.4. The van der Waals surface area contributed by atoms with Crippen molar-refractivity contribution >= 4 is 35.0 Å². The van der Waals surface area contributed by atoms with Gasteiger partial charge in [0.2, 0.25) is 17.7 Å². The Morgan fingerprint density at radius 2 is 1.92 bits per heavy atom. The van der Waals surface area contributed by atoms with Crippen LogP contribution in [0, 0.1) is 11.8 Å². The number of anilines is 1. The second-order valence-corrected chi connectivity index (χ2v) is 10.6. The number of hydrogen-bond acceptors (Lipinski definition) is 5. The van der Waals surface area contributed by atoms with Crippen molar-refractivity contribution in [3.63, 3.8) is 0 Å². The van der Waals surface area contributed by atoms with Gasteiger partial charge >= 0.3 is 0 Å². The number of nitrogens with zero attached hydrogens (tertiary/aromatic N) is 1. The van der Waals surface area contributed by atoms with Crippen LogP contribution >= 0.6 is 11.6 Å². The summed E-state index contributed by atoms with van der Waals surface area (Å²) in [5.41, 5.74) is -0.551. The van der Waals surface area contributed by atoms with Crippen molar-refractivity contribution in [1.29, 1.82) is 0 Å². The van der Waals surface area contributed by atoms with E-state index in [9.17, 15) is 14.4 Å². The molecule has 1 saturated carbocycles. The van der Waals surface area contributed by atoms with E-state index in [0.717, 1.165) is 25.7 Å². The van der Waals surface area contributed by atoms with E-state index in [2.05, 4.69) is 10.6 Å². The standard InChI is InChI=1S/C27H34ClN3O5/c1-2-35-16-6-15-31-23(25(33)30-18-7-4-3-5-8-18)27-14-13-20(36-27)21(22(27)26(31)34)24(32)29-19-11-9-17(28)10-12-19/h9-14,18,20-23H,2-8,15-16H2,1H3,(H,29,32)(H,30,33)/t20-,21+,22-,23-,27+/m1/s1. The molecule has 2 bridgehead atoms. The van der Waals surface area contributed by atoms with Crippen LogP contribution in [0.5, 0.6) is 0 Å². The Bertz CT molecular complexity index is 1020. The minimum absolute atomic E-state index is 0.105. The van der Waals surface area contributed by atoms with Gasteiger partial charge in [0, 0.05) is 36.5 Å². The lowest BCUT2D eigenvalue weighted by molar-refractivity contribution is -0.141. The SMILES string of the molecule is CCOCCCN1C(=O)[C@H]2[C@@H](C(=O)Nc3ccc(Cl)cc3)[C@H]3C=C[C@@]2(O3)[C@H]1C(=O)NC1CCCCC1. The number of carbonyl (C=O) groups is 3. The van der Waals surface area contributed by atoms with Crippen LogP contribution in [0.4, 0.5) is 5.69 Å². The first-order chi connectivity index (χ1) is 17.4. The monoisotopic (exact) mass is 515 g/mol. The molecule has 0 unspecified atom stereocenters. The van der Waals surface area contributed by atoms with Gasteiger partial charge in [-0.05, 0) is 50.5 Å². The summed E-state index contributed by atoms with van der Waals surface area (Å²) in [6.45, 7) is 3.38. The third-order valence-electron chi connectivity index (χ3n) is 7.88. The lowest BCUT2D eigenvalue weighted by Gasteiger charge is -2.34. The second-order valence-electron chi connectivity index (χ2n) is 10.1. The molecule has 2 saturated heterocycles. The van der Waals surface area contributed by atoms with Crippen molar-refractivity contribution < 1.29 is 23.9 Å². The highest BCUT2D eigenvalue weighted by Crippen LogP contribution is 2.55. The average Bonchev–Trinajstić information content (AvgIpc) is 3.51. The molecule has 36 heavy (non-hydrogen) atoms. The first kappa shape index (κ1) is 25.2. The third kappa shape index (κ3) is 4.55. The number of hydrogen-bond donors (Lipinski definition) is 2. The Morgan fingerprint density at radius 3 is 2.64 bits per heavy atom. The van der Waals surface area contributed by atoms with E-state index < -0.39 is 29.6 Å². The van der Waals surface area contributed by atoms with Crippen LogP contribution in [-0.2, 0) is 23.9 Å². The molecular weight excluding hydrogens is 482 g/mol. The molecular formula is C27H34ClN3O5. The summed E-state index contributed by atoms with van der Waals surface area (Å²) in [5.74, 6) is -2.18. The number of nitrogens with one attached hydrogen (secondary N) is 2. The van der Waals surface area contributed by atoms with Gasteiger partial charge in [-0.2, -0.15) is 0 Å². The van der Waals surface area contributed by atoms with E-state index in [-0.39, 0.29) is 23.8 Å². The van der Waals surface area contributed by atoms with Gasteiger partial charge < -0.3 is 25.0 Å². The fraction of sp³-hybridized carbons (Fsp3) is 0.593. The normalized spacial score (nSPS) is 31.1. The lowest BCUT2D eigenvalue weighted by atomic mass is 9.74. The van der Waals surface area contributed by atoms with Crippen LogP contribution in [0.25, 0.3) is 0 Å². The number of benzene rings is 1. The van der Waals surface area contributed by atoms with Gasteiger partial charge in [0.15, 0.2) is 0 Å². The summed E-state index contributed by atoms with van der Waals surface area (Å²) in [4.78, 5) is 42.6. The molecule has 5 atom stereocenters. The quantitative estimate of drug-likeness (QED) is 0.388. The smallest absolute Gasteiger partial charge is 0.246 e. The molecule has 2 N–H and O–H groups in total. The second kappa shape index (κ2) is 10.5. The number of amides is 3. The molecule has 0 aromatic heterocycles. The summed E-state index contributed by atoms with van der Waals surface area (Å²) in [6, 6.07) is 6.12.